The topological polar surface area (TPSA) is 18.5 Å². The van der Waals surface area contributed by atoms with E-state index < -0.39 is 0 Å². The Kier molecular flexibility index (Phi) is 7.09. The smallest absolute Gasteiger partial charge is 0.0932 e. The molecule has 0 spiro atoms. The lowest BCUT2D eigenvalue weighted by molar-refractivity contribution is 0.0455. The maximum absolute atomic E-state index is 5.80. The number of thiocarbonyl (C=S) groups is 1. The summed E-state index contributed by atoms with van der Waals surface area (Å²) >= 11 is 5.53. The third-order valence-electron chi connectivity index (χ3n) is 2.79. The molecule has 1 rings (SSSR count). The molecule has 100 valence electrons. The van der Waals surface area contributed by atoms with Crippen molar-refractivity contribution in [2.75, 3.05) is 20.3 Å². The summed E-state index contributed by atoms with van der Waals surface area (Å²) in [5, 5.41) is 0. The van der Waals surface area contributed by atoms with Crippen LogP contribution in [0, 0.1) is 6.92 Å². The Morgan fingerprint density at radius 3 is 2.44 bits per heavy atom. The van der Waals surface area contributed by atoms with Gasteiger partial charge in [-0.15, -0.1) is 0 Å². The predicted octanol–water partition coefficient (Wildman–Crippen LogP) is 3.54. The molecule has 0 fully saturated rings. The minimum atomic E-state index is 0.0165. The van der Waals surface area contributed by atoms with Crippen LogP contribution in [0.1, 0.15) is 30.9 Å². The average Bonchev–Trinajstić information content (AvgIpc) is 2.38. The van der Waals surface area contributed by atoms with E-state index in [4.69, 9.17) is 21.7 Å². The van der Waals surface area contributed by atoms with Gasteiger partial charge in [0.25, 0.3) is 0 Å². The first kappa shape index (κ1) is 15.3. The van der Waals surface area contributed by atoms with Crippen molar-refractivity contribution >= 4 is 17.1 Å². The second-order valence-electron chi connectivity index (χ2n) is 4.37. The number of hydrogen-bond donors (Lipinski definition) is 0. The molecule has 0 saturated carbocycles. The lowest BCUT2D eigenvalue weighted by Crippen LogP contribution is -2.25. The summed E-state index contributed by atoms with van der Waals surface area (Å²) in [5.74, 6) is 0. The van der Waals surface area contributed by atoms with Gasteiger partial charge in [-0.3, -0.25) is 0 Å². The van der Waals surface area contributed by atoms with Crippen LogP contribution in [-0.2, 0) is 9.47 Å². The normalized spacial score (nSPS) is 12.4. The fraction of sp³-hybridized carbons (Fsp3) is 0.533. The highest BCUT2D eigenvalue weighted by molar-refractivity contribution is 7.81. The summed E-state index contributed by atoms with van der Waals surface area (Å²) in [4.78, 5) is 0.896. The molecule has 0 aliphatic heterocycles. The minimum absolute atomic E-state index is 0.0165. The molecule has 0 aliphatic carbocycles. The van der Waals surface area contributed by atoms with Gasteiger partial charge in [0.2, 0.25) is 0 Å². The molecule has 1 aromatic carbocycles. The van der Waals surface area contributed by atoms with E-state index in [9.17, 15) is 0 Å². The van der Waals surface area contributed by atoms with Crippen molar-refractivity contribution in [3.05, 3.63) is 35.4 Å². The molecule has 3 heteroatoms. The summed E-state index contributed by atoms with van der Waals surface area (Å²) in [6.45, 7) is 5.42. The highest BCUT2D eigenvalue weighted by Gasteiger charge is 2.15. The van der Waals surface area contributed by atoms with Gasteiger partial charge in [-0.25, -0.2) is 0 Å². The van der Waals surface area contributed by atoms with Crippen LogP contribution in [0.4, 0.5) is 0 Å². The number of methoxy groups -OCH3 is 1. The van der Waals surface area contributed by atoms with E-state index in [2.05, 4.69) is 38.1 Å². The minimum Gasteiger partial charge on any atom is -0.382 e. The van der Waals surface area contributed by atoms with Gasteiger partial charge in [-0.2, -0.15) is 0 Å². The highest BCUT2D eigenvalue weighted by Crippen LogP contribution is 2.13. The van der Waals surface area contributed by atoms with Crippen LogP contribution in [-0.4, -0.2) is 31.3 Å². The van der Waals surface area contributed by atoms with Gasteiger partial charge in [-0.1, -0.05) is 55.4 Å². The highest BCUT2D eigenvalue weighted by atomic mass is 32.1. The fourth-order valence-corrected chi connectivity index (χ4v) is 2.05. The van der Waals surface area contributed by atoms with Crippen molar-refractivity contribution < 1.29 is 9.47 Å². The van der Waals surface area contributed by atoms with Gasteiger partial charge in [0.15, 0.2) is 0 Å². The Morgan fingerprint density at radius 2 is 1.89 bits per heavy atom. The van der Waals surface area contributed by atoms with E-state index in [0.717, 1.165) is 23.3 Å². The maximum Gasteiger partial charge on any atom is 0.0932 e. The molecule has 1 aromatic rings. The molecular formula is C15H22O2S. The van der Waals surface area contributed by atoms with Gasteiger partial charge < -0.3 is 9.47 Å². The molecule has 0 saturated heterocycles. The van der Waals surface area contributed by atoms with Crippen LogP contribution in [0.3, 0.4) is 0 Å². The number of ether oxygens (including phenoxy) is 2. The standard InChI is InChI=1S/C15H22O2S/c1-4-5-14(17-11-10-16-3)15(18)13-8-6-12(2)7-9-13/h6-9,14H,4-5,10-11H2,1-3H3. The van der Waals surface area contributed by atoms with Gasteiger partial charge in [-0.05, 0) is 18.9 Å². The van der Waals surface area contributed by atoms with Crippen LogP contribution in [0.25, 0.3) is 0 Å². The average molecular weight is 266 g/mol. The number of rotatable bonds is 8. The number of hydrogen-bond acceptors (Lipinski definition) is 3. The summed E-state index contributed by atoms with van der Waals surface area (Å²) in [5.41, 5.74) is 2.33. The Hall–Kier alpha value is -0.770. The summed E-state index contributed by atoms with van der Waals surface area (Å²) < 4.78 is 10.8. The van der Waals surface area contributed by atoms with Crippen molar-refractivity contribution in [3.63, 3.8) is 0 Å². The Bertz CT molecular complexity index is 359. The molecule has 0 N–H and O–H groups in total. The first-order chi connectivity index (χ1) is 8.69. The third-order valence-corrected chi connectivity index (χ3v) is 3.28. The van der Waals surface area contributed by atoms with Crippen LogP contribution >= 0.6 is 12.2 Å². The van der Waals surface area contributed by atoms with E-state index in [1.165, 1.54) is 5.56 Å². The second kappa shape index (κ2) is 8.35. The number of aryl methyl sites for hydroxylation is 1. The summed E-state index contributed by atoms with van der Waals surface area (Å²) in [6.07, 6.45) is 2.03. The lowest BCUT2D eigenvalue weighted by Gasteiger charge is -2.18. The van der Waals surface area contributed by atoms with Gasteiger partial charge >= 0.3 is 0 Å². The summed E-state index contributed by atoms with van der Waals surface area (Å²) in [7, 11) is 1.68. The third kappa shape index (κ3) is 4.84. The molecule has 1 unspecified atom stereocenters. The monoisotopic (exact) mass is 266 g/mol. The van der Waals surface area contributed by atoms with Crippen LogP contribution in [0.5, 0.6) is 0 Å². The van der Waals surface area contributed by atoms with E-state index in [1.807, 2.05) is 0 Å². The molecular weight excluding hydrogens is 244 g/mol. The first-order valence-corrected chi connectivity index (χ1v) is 6.81. The van der Waals surface area contributed by atoms with Crippen molar-refractivity contribution in [1.82, 2.24) is 0 Å². The van der Waals surface area contributed by atoms with Gasteiger partial charge in [0.1, 0.15) is 0 Å². The van der Waals surface area contributed by atoms with E-state index in [-0.39, 0.29) is 6.10 Å². The van der Waals surface area contributed by atoms with Crippen molar-refractivity contribution in [3.8, 4) is 0 Å². The van der Waals surface area contributed by atoms with Crippen molar-refractivity contribution in [2.24, 2.45) is 0 Å². The molecule has 18 heavy (non-hydrogen) atoms. The maximum atomic E-state index is 5.80. The molecule has 1 atom stereocenters. The molecule has 0 aliphatic rings. The van der Waals surface area contributed by atoms with Crippen LogP contribution < -0.4 is 0 Å². The number of benzene rings is 1. The van der Waals surface area contributed by atoms with Crippen LogP contribution in [0.2, 0.25) is 0 Å². The quantitative estimate of drug-likeness (QED) is 0.407. The van der Waals surface area contributed by atoms with Gasteiger partial charge in [0, 0.05) is 7.11 Å². The van der Waals surface area contributed by atoms with Crippen molar-refractivity contribution in [2.45, 2.75) is 32.8 Å². The fourth-order valence-electron chi connectivity index (χ4n) is 1.73. The lowest BCUT2D eigenvalue weighted by atomic mass is 10.0. The zero-order valence-electron chi connectivity index (χ0n) is 11.4. The molecule has 2 nitrogen and oxygen atoms in total. The predicted molar refractivity (Wildman–Crippen MR) is 79.4 cm³/mol. The Balaban J connectivity index is 2.66. The van der Waals surface area contributed by atoms with Crippen LogP contribution in [0.15, 0.2) is 24.3 Å². The van der Waals surface area contributed by atoms with Crippen molar-refractivity contribution in [1.29, 1.82) is 0 Å². The van der Waals surface area contributed by atoms with E-state index in [0.29, 0.717) is 13.2 Å². The zero-order chi connectivity index (χ0) is 13.4. The van der Waals surface area contributed by atoms with E-state index >= 15 is 0 Å². The zero-order valence-corrected chi connectivity index (χ0v) is 12.3. The first-order valence-electron chi connectivity index (χ1n) is 6.40. The molecule has 0 amide bonds. The second-order valence-corrected chi connectivity index (χ2v) is 4.81. The van der Waals surface area contributed by atoms with Gasteiger partial charge in [0.05, 0.1) is 24.2 Å². The molecule has 0 heterocycles. The Labute approximate surface area is 115 Å². The molecule has 0 radical (unpaired) electrons. The Morgan fingerprint density at radius 1 is 1.22 bits per heavy atom. The SMILES string of the molecule is CCCC(OCCOC)C(=S)c1ccc(C)cc1. The molecule has 0 aromatic heterocycles. The summed E-state index contributed by atoms with van der Waals surface area (Å²) in [6, 6.07) is 8.31. The van der Waals surface area contributed by atoms with E-state index in [1.54, 1.807) is 7.11 Å². The largest absolute Gasteiger partial charge is 0.382 e. The molecule has 0 bridgehead atoms.